The number of halogens is 3. The number of carbonyl (C=O) groups is 2. The van der Waals surface area contributed by atoms with E-state index in [2.05, 4.69) is 9.47 Å². The van der Waals surface area contributed by atoms with Crippen LogP contribution in [-0.4, -0.2) is 31.3 Å². The monoisotopic (exact) mass is 330 g/mol. The van der Waals surface area contributed by atoms with E-state index in [0.29, 0.717) is 6.42 Å². The lowest BCUT2D eigenvalue weighted by molar-refractivity contribution is -0.203. The van der Waals surface area contributed by atoms with Crippen LogP contribution in [0, 0.1) is 0 Å². The van der Waals surface area contributed by atoms with Gasteiger partial charge in [-0.15, -0.1) is 0 Å². The summed E-state index contributed by atoms with van der Waals surface area (Å²) >= 11 is 0. The second kappa shape index (κ2) is 8.97. The smallest absolute Gasteiger partial charge is 0.469 e. The average molecular weight is 330 g/mol. The van der Waals surface area contributed by atoms with E-state index >= 15 is 0 Å². The highest BCUT2D eigenvalue weighted by molar-refractivity contribution is 5.76. The number of esters is 2. The van der Waals surface area contributed by atoms with Gasteiger partial charge in [-0.05, 0) is 24.5 Å². The van der Waals surface area contributed by atoms with E-state index in [9.17, 15) is 22.8 Å². The minimum Gasteiger partial charge on any atom is -0.469 e. The van der Waals surface area contributed by atoms with Crippen LogP contribution in [0.3, 0.4) is 0 Å². The molecule has 4 nitrogen and oxygen atoms in total. The highest BCUT2D eigenvalue weighted by Crippen LogP contribution is 2.19. The summed E-state index contributed by atoms with van der Waals surface area (Å²) < 4.78 is 45.6. The highest BCUT2D eigenvalue weighted by Gasteiger charge is 2.42. The maximum atomic E-state index is 12.3. The number of alkyl halides is 3. The molecule has 0 heterocycles. The summed E-state index contributed by atoms with van der Waals surface area (Å²) in [4.78, 5) is 22.0. The number of methoxy groups -OCH3 is 1. The molecule has 0 aliphatic rings. The minimum atomic E-state index is -5.07. The van der Waals surface area contributed by atoms with E-state index in [1.807, 2.05) is 30.3 Å². The Morgan fingerprint density at radius 3 is 2.43 bits per heavy atom. The maximum absolute atomic E-state index is 12.3. The van der Waals surface area contributed by atoms with E-state index in [0.717, 1.165) is 5.56 Å². The molecule has 0 radical (unpaired) electrons. The topological polar surface area (TPSA) is 52.6 Å². The molecule has 1 aromatic carbocycles. The standard InChI is InChI=1S/C16H17F3O4/c1-22-14(20)11-10-13(23-15(21)16(17,18)19)9-5-8-12-6-3-2-4-7-12/h2-7,9,13H,8,10-11H2,1H3/b9-5-. The quantitative estimate of drug-likeness (QED) is 0.569. The van der Waals surface area contributed by atoms with Gasteiger partial charge >= 0.3 is 18.1 Å². The van der Waals surface area contributed by atoms with Gasteiger partial charge in [-0.2, -0.15) is 13.2 Å². The third-order valence-electron chi connectivity index (χ3n) is 2.90. The van der Waals surface area contributed by atoms with Crippen molar-refractivity contribution in [2.24, 2.45) is 0 Å². The number of carbonyl (C=O) groups excluding carboxylic acids is 2. The first-order chi connectivity index (χ1) is 10.8. The molecule has 0 bridgehead atoms. The van der Waals surface area contributed by atoms with Crippen molar-refractivity contribution in [3.05, 3.63) is 48.0 Å². The largest absolute Gasteiger partial charge is 0.490 e. The molecular weight excluding hydrogens is 313 g/mol. The number of rotatable bonds is 7. The van der Waals surface area contributed by atoms with Crippen molar-refractivity contribution < 1.29 is 32.2 Å². The van der Waals surface area contributed by atoms with Crippen LogP contribution in [0.5, 0.6) is 0 Å². The van der Waals surface area contributed by atoms with E-state index in [4.69, 9.17) is 0 Å². The summed E-state index contributed by atoms with van der Waals surface area (Å²) in [7, 11) is 1.17. The molecule has 0 saturated carbocycles. The van der Waals surface area contributed by atoms with Gasteiger partial charge in [-0.1, -0.05) is 36.4 Å². The van der Waals surface area contributed by atoms with Crippen molar-refractivity contribution in [1.29, 1.82) is 0 Å². The minimum absolute atomic E-state index is 0.0835. The average Bonchev–Trinajstić information content (AvgIpc) is 2.52. The van der Waals surface area contributed by atoms with Crippen molar-refractivity contribution in [2.75, 3.05) is 7.11 Å². The second-order valence-corrected chi connectivity index (χ2v) is 4.67. The molecule has 0 aliphatic heterocycles. The first-order valence-corrected chi connectivity index (χ1v) is 6.88. The summed E-state index contributed by atoms with van der Waals surface area (Å²) in [6.45, 7) is 0. The molecule has 1 atom stereocenters. The number of ether oxygens (including phenoxy) is 2. The van der Waals surface area contributed by atoms with Gasteiger partial charge in [0.05, 0.1) is 7.11 Å². The Morgan fingerprint density at radius 1 is 1.22 bits per heavy atom. The fraction of sp³-hybridized carbons (Fsp3) is 0.375. The summed E-state index contributed by atoms with van der Waals surface area (Å²) in [6.07, 6.45) is -3.04. The summed E-state index contributed by atoms with van der Waals surface area (Å²) in [5, 5.41) is 0. The van der Waals surface area contributed by atoms with Crippen LogP contribution in [0.15, 0.2) is 42.5 Å². The normalized spacial score (nSPS) is 12.9. The van der Waals surface area contributed by atoms with Crippen molar-refractivity contribution in [3.63, 3.8) is 0 Å². The highest BCUT2D eigenvalue weighted by atomic mass is 19.4. The zero-order valence-electron chi connectivity index (χ0n) is 12.5. The van der Waals surface area contributed by atoms with Crippen molar-refractivity contribution in [2.45, 2.75) is 31.5 Å². The second-order valence-electron chi connectivity index (χ2n) is 4.67. The van der Waals surface area contributed by atoms with E-state index in [-0.39, 0.29) is 12.8 Å². The number of allylic oxidation sites excluding steroid dienone is 1. The SMILES string of the molecule is COC(=O)CCC(/C=C\Cc1ccccc1)OC(=O)C(F)(F)F. The Labute approximate surface area is 131 Å². The molecule has 0 amide bonds. The Bertz CT molecular complexity index is 538. The number of hydrogen-bond donors (Lipinski definition) is 0. The van der Waals surface area contributed by atoms with Crippen LogP contribution in [0.4, 0.5) is 13.2 Å². The van der Waals surface area contributed by atoms with Crippen LogP contribution in [0.25, 0.3) is 0 Å². The lowest BCUT2D eigenvalue weighted by atomic mass is 10.1. The number of benzene rings is 1. The van der Waals surface area contributed by atoms with E-state index in [1.165, 1.54) is 13.2 Å². The van der Waals surface area contributed by atoms with E-state index < -0.39 is 24.2 Å². The lowest BCUT2D eigenvalue weighted by Crippen LogP contribution is -2.29. The van der Waals surface area contributed by atoms with Gasteiger partial charge in [0.15, 0.2) is 0 Å². The van der Waals surface area contributed by atoms with E-state index in [1.54, 1.807) is 6.08 Å². The summed E-state index contributed by atoms with van der Waals surface area (Å²) in [5.74, 6) is -2.87. The van der Waals surface area contributed by atoms with Crippen LogP contribution in [0.2, 0.25) is 0 Å². The Balaban J connectivity index is 2.66. The van der Waals surface area contributed by atoms with Gasteiger partial charge in [-0.25, -0.2) is 4.79 Å². The van der Waals surface area contributed by atoms with Crippen molar-refractivity contribution in [3.8, 4) is 0 Å². The van der Waals surface area contributed by atoms with Crippen LogP contribution in [-0.2, 0) is 25.5 Å². The molecule has 126 valence electrons. The molecular formula is C16H17F3O4. The van der Waals surface area contributed by atoms with Crippen molar-refractivity contribution >= 4 is 11.9 Å². The molecule has 7 heteroatoms. The van der Waals surface area contributed by atoms with Crippen LogP contribution in [0.1, 0.15) is 18.4 Å². The van der Waals surface area contributed by atoms with Crippen LogP contribution >= 0.6 is 0 Å². The van der Waals surface area contributed by atoms with Gasteiger partial charge in [0.25, 0.3) is 0 Å². The summed E-state index contributed by atoms with van der Waals surface area (Å²) in [5.41, 5.74) is 0.956. The molecule has 0 spiro atoms. The third kappa shape index (κ3) is 7.49. The molecule has 0 aliphatic carbocycles. The van der Waals surface area contributed by atoms with Crippen LogP contribution < -0.4 is 0 Å². The van der Waals surface area contributed by atoms with Gasteiger partial charge in [-0.3, -0.25) is 4.79 Å². The molecule has 0 aromatic heterocycles. The Hall–Kier alpha value is -2.31. The maximum Gasteiger partial charge on any atom is 0.490 e. The van der Waals surface area contributed by atoms with Gasteiger partial charge in [0.1, 0.15) is 6.10 Å². The Kier molecular flexibility index (Phi) is 7.31. The van der Waals surface area contributed by atoms with Gasteiger partial charge in [0.2, 0.25) is 0 Å². The summed E-state index contributed by atoms with van der Waals surface area (Å²) in [6, 6.07) is 9.23. The fourth-order valence-electron chi connectivity index (χ4n) is 1.73. The molecule has 1 rings (SSSR count). The first-order valence-electron chi connectivity index (χ1n) is 6.88. The zero-order valence-corrected chi connectivity index (χ0v) is 12.5. The van der Waals surface area contributed by atoms with Crippen molar-refractivity contribution in [1.82, 2.24) is 0 Å². The lowest BCUT2D eigenvalue weighted by Gasteiger charge is -2.15. The number of hydrogen-bond acceptors (Lipinski definition) is 4. The van der Waals surface area contributed by atoms with Gasteiger partial charge < -0.3 is 9.47 Å². The molecule has 1 aromatic rings. The predicted octanol–water partition coefficient (Wildman–Crippen LogP) is 3.21. The predicted molar refractivity (Wildman–Crippen MR) is 76.5 cm³/mol. The molecule has 0 saturated heterocycles. The zero-order chi connectivity index (χ0) is 17.3. The Morgan fingerprint density at radius 2 is 1.87 bits per heavy atom. The molecule has 1 unspecified atom stereocenters. The molecule has 0 fully saturated rings. The van der Waals surface area contributed by atoms with Gasteiger partial charge in [0, 0.05) is 6.42 Å². The third-order valence-corrected chi connectivity index (χ3v) is 2.90. The fourth-order valence-corrected chi connectivity index (χ4v) is 1.73. The molecule has 23 heavy (non-hydrogen) atoms. The molecule has 0 N–H and O–H groups in total. The first kappa shape index (κ1) is 18.7.